The number of rotatable bonds is 5. The van der Waals surface area contributed by atoms with Gasteiger partial charge in [0, 0.05) is 11.5 Å². The molecule has 1 aromatic heterocycles. The van der Waals surface area contributed by atoms with Gasteiger partial charge >= 0.3 is 5.97 Å². The summed E-state index contributed by atoms with van der Waals surface area (Å²) in [6.45, 7) is 2.55. The molecule has 0 spiro atoms. The standard InChI is InChI=1S/C13H16BrNO4S/c1-8(9-2-3-10(14)20-9)12(18)15-13(6-11(16)17)4-5-19-7-13/h2-3,8H,4-7H2,1H3,(H,15,18)(H,16,17). The van der Waals surface area contributed by atoms with Gasteiger partial charge in [-0.1, -0.05) is 0 Å². The number of carboxylic acids is 1. The summed E-state index contributed by atoms with van der Waals surface area (Å²) >= 11 is 4.87. The number of carboxylic acid groups (broad SMARTS) is 1. The van der Waals surface area contributed by atoms with Crippen LogP contribution in [0.15, 0.2) is 15.9 Å². The van der Waals surface area contributed by atoms with Crippen LogP contribution in [0.4, 0.5) is 0 Å². The molecule has 2 N–H and O–H groups in total. The summed E-state index contributed by atoms with van der Waals surface area (Å²) in [5, 5.41) is 11.9. The molecule has 2 rings (SSSR count). The van der Waals surface area contributed by atoms with Gasteiger partial charge in [0.05, 0.1) is 28.3 Å². The summed E-state index contributed by atoms with van der Waals surface area (Å²) in [4.78, 5) is 24.2. The molecule has 2 unspecified atom stereocenters. The fourth-order valence-corrected chi connectivity index (χ4v) is 3.71. The van der Waals surface area contributed by atoms with Crippen molar-refractivity contribution in [2.24, 2.45) is 0 Å². The third-order valence-corrected chi connectivity index (χ3v) is 5.20. The van der Waals surface area contributed by atoms with E-state index < -0.39 is 11.5 Å². The third kappa shape index (κ3) is 3.59. The Bertz CT molecular complexity index is 510. The molecule has 1 aliphatic rings. The fourth-order valence-electron chi connectivity index (χ4n) is 2.24. The van der Waals surface area contributed by atoms with E-state index in [1.54, 1.807) is 0 Å². The van der Waals surface area contributed by atoms with Crippen molar-refractivity contribution >= 4 is 39.1 Å². The number of aliphatic carboxylic acids is 1. The van der Waals surface area contributed by atoms with Gasteiger partial charge in [0.2, 0.25) is 5.91 Å². The highest BCUT2D eigenvalue weighted by molar-refractivity contribution is 9.11. The predicted octanol–water partition coefficient (Wildman–Crippen LogP) is 2.36. The lowest BCUT2D eigenvalue weighted by Crippen LogP contribution is -2.51. The number of halogens is 1. The summed E-state index contributed by atoms with van der Waals surface area (Å²) in [6.07, 6.45) is 0.422. The molecule has 0 bridgehead atoms. The lowest BCUT2D eigenvalue weighted by atomic mass is 9.93. The van der Waals surface area contributed by atoms with Crippen LogP contribution in [0.1, 0.15) is 30.6 Å². The smallest absolute Gasteiger partial charge is 0.305 e. The quantitative estimate of drug-likeness (QED) is 0.843. The van der Waals surface area contributed by atoms with E-state index in [2.05, 4.69) is 21.2 Å². The molecule has 2 atom stereocenters. The maximum Gasteiger partial charge on any atom is 0.305 e. The number of ether oxygens (including phenoxy) is 1. The van der Waals surface area contributed by atoms with Gasteiger partial charge in [-0.25, -0.2) is 0 Å². The number of carbonyl (C=O) groups excluding carboxylic acids is 1. The highest BCUT2D eigenvalue weighted by Gasteiger charge is 2.39. The van der Waals surface area contributed by atoms with Crippen LogP contribution in [0, 0.1) is 0 Å². The van der Waals surface area contributed by atoms with Crippen molar-refractivity contribution in [1.29, 1.82) is 0 Å². The zero-order chi connectivity index (χ0) is 14.8. The first-order valence-electron chi connectivity index (χ1n) is 6.29. The molecule has 20 heavy (non-hydrogen) atoms. The van der Waals surface area contributed by atoms with E-state index >= 15 is 0 Å². The molecule has 0 radical (unpaired) electrons. The van der Waals surface area contributed by atoms with E-state index in [4.69, 9.17) is 9.84 Å². The molecule has 0 aromatic carbocycles. The van der Waals surface area contributed by atoms with Crippen LogP contribution in [0.5, 0.6) is 0 Å². The molecule has 110 valence electrons. The Morgan fingerprint density at radius 2 is 2.35 bits per heavy atom. The summed E-state index contributed by atoms with van der Waals surface area (Å²) in [7, 11) is 0. The predicted molar refractivity (Wildman–Crippen MR) is 79.0 cm³/mol. The largest absolute Gasteiger partial charge is 0.481 e. The molecule has 0 saturated carbocycles. The van der Waals surface area contributed by atoms with Crippen LogP contribution >= 0.6 is 27.3 Å². The molecular weight excluding hydrogens is 346 g/mol. The average Bonchev–Trinajstić information content (AvgIpc) is 2.97. The Labute approximate surface area is 129 Å². The van der Waals surface area contributed by atoms with Crippen molar-refractivity contribution in [2.45, 2.75) is 31.2 Å². The maximum absolute atomic E-state index is 12.3. The molecule has 1 amide bonds. The topological polar surface area (TPSA) is 75.6 Å². The van der Waals surface area contributed by atoms with Gasteiger partial charge in [-0.3, -0.25) is 9.59 Å². The minimum Gasteiger partial charge on any atom is -0.481 e. The first-order valence-corrected chi connectivity index (χ1v) is 7.90. The molecule has 1 saturated heterocycles. The average molecular weight is 362 g/mol. The van der Waals surface area contributed by atoms with E-state index in [9.17, 15) is 9.59 Å². The fraction of sp³-hybridized carbons (Fsp3) is 0.538. The molecule has 1 aromatic rings. The highest BCUT2D eigenvalue weighted by atomic mass is 79.9. The summed E-state index contributed by atoms with van der Waals surface area (Å²) in [6, 6.07) is 3.80. The Balaban J connectivity index is 2.06. The minimum atomic E-state index is -0.928. The summed E-state index contributed by atoms with van der Waals surface area (Å²) in [5.74, 6) is -1.40. The van der Waals surface area contributed by atoms with E-state index in [-0.39, 0.29) is 24.9 Å². The number of thiophene rings is 1. The van der Waals surface area contributed by atoms with Gasteiger partial charge in [0.25, 0.3) is 0 Å². The van der Waals surface area contributed by atoms with E-state index in [1.807, 2.05) is 19.1 Å². The number of carbonyl (C=O) groups is 2. The van der Waals surface area contributed by atoms with Crippen molar-refractivity contribution in [2.75, 3.05) is 13.2 Å². The summed E-state index contributed by atoms with van der Waals surface area (Å²) < 4.78 is 6.24. The van der Waals surface area contributed by atoms with Crippen molar-refractivity contribution < 1.29 is 19.4 Å². The van der Waals surface area contributed by atoms with Gasteiger partial charge in [0.1, 0.15) is 0 Å². The Kier molecular flexibility index (Phi) is 4.82. The molecule has 0 aliphatic carbocycles. The second-order valence-electron chi connectivity index (χ2n) is 5.01. The number of hydrogen-bond donors (Lipinski definition) is 2. The van der Waals surface area contributed by atoms with Crippen LogP contribution < -0.4 is 5.32 Å². The van der Waals surface area contributed by atoms with E-state index in [0.717, 1.165) is 8.66 Å². The minimum absolute atomic E-state index is 0.112. The lowest BCUT2D eigenvalue weighted by Gasteiger charge is -2.28. The first-order chi connectivity index (χ1) is 9.42. The van der Waals surface area contributed by atoms with Crippen molar-refractivity contribution in [3.63, 3.8) is 0 Å². The van der Waals surface area contributed by atoms with Gasteiger partial charge in [-0.05, 0) is 41.4 Å². The van der Waals surface area contributed by atoms with Gasteiger partial charge in [-0.2, -0.15) is 0 Å². The Morgan fingerprint density at radius 1 is 1.60 bits per heavy atom. The van der Waals surface area contributed by atoms with Crippen molar-refractivity contribution in [3.05, 3.63) is 20.8 Å². The van der Waals surface area contributed by atoms with Crippen LogP contribution in [0.25, 0.3) is 0 Å². The molecular formula is C13H16BrNO4S. The molecule has 2 heterocycles. The van der Waals surface area contributed by atoms with Crippen LogP contribution in [-0.4, -0.2) is 35.7 Å². The zero-order valence-electron chi connectivity index (χ0n) is 11.0. The zero-order valence-corrected chi connectivity index (χ0v) is 13.4. The van der Waals surface area contributed by atoms with Crippen LogP contribution in [0.2, 0.25) is 0 Å². The summed E-state index contributed by atoms with van der Waals surface area (Å²) in [5.41, 5.74) is -0.772. The Hall–Kier alpha value is -0.920. The normalized spacial score (nSPS) is 23.5. The van der Waals surface area contributed by atoms with E-state index in [1.165, 1.54) is 11.3 Å². The molecule has 7 heteroatoms. The monoisotopic (exact) mass is 361 g/mol. The maximum atomic E-state index is 12.3. The van der Waals surface area contributed by atoms with Crippen LogP contribution in [0.3, 0.4) is 0 Å². The van der Waals surface area contributed by atoms with Crippen LogP contribution in [-0.2, 0) is 14.3 Å². The van der Waals surface area contributed by atoms with E-state index in [0.29, 0.717) is 13.0 Å². The first kappa shape index (κ1) is 15.5. The molecule has 5 nitrogen and oxygen atoms in total. The van der Waals surface area contributed by atoms with Crippen molar-refractivity contribution in [1.82, 2.24) is 5.32 Å². The lowest BCUT2D eigenvalue weighted by molar-refractivity contribution is -0.139. The SMILES string of the molecule is CC(C(=O)NC1(CC(=O)O)CCOC1)c1ccc(Br)s1. The molecule has 1 fully saturated rings. The molecule has 1 aliphatic heterocycles. The number of hydrogen-bond acceptors (Lipinski definition) is 4. The highest BCUT2D eigenvalue weighted by Crippen LogP contribution is 2.30. The second-order valence-corrected chi connectivity index (χ2v) is 7.50. The van der Waals surface area contributed by atoms with Gasteiger partial charge in [0.15, 0.2) is 0 Å². The number of amides is 1. The van der Waals surface area contributed by atoms with Gasteiger partial charge < -0.3 is 15.2 Å². The Morgan fingerprint density at radius 3 is 2.85 bits per heavy atom. The van der Waals surface area contributed by atoms with Gasteiger partial charge in [-0.15, -0.1) is 11.3 Å². The number of nitrogens with one attached hydrogen (secondary N) is 1. The van der Waals surface area contributed by atoms with Crippen molar-refractivity contribution in [3.8, 4) is 0 Å². The second kappa shape index (κ2) is 6.24. The third-order valence-electron chi connectivity index (χ3n) is 3.40.